The Hall–Kier alpha value is -2.15. The van der Waals surface area contributed by atoms with Crippen LogP contribution < -0.4 is 10.6 Å². The summed E-state index contributed by atoms with van der Waals surface area (Å²) < 4.78 is 0. The minimum atomic E-state index is -0.547. The first kappa shape index (κ1) is 15.2. The molecule has 1 aromatic carbocycles. The fourth-order valence-electron chi connectivity index (χ4n) is 2.57. The molecule has 1 saturated carbocycles. The van der Waals surface area contributed by atoms with E-state index in [-0.39, 0.29) is 17.3 Å². The van der Waals surface area contributed by atoms with Gasteiger partial charge in [0.15, 0.2) is 0 Å². The number of carbonyl (C=O) groups is 1. The number of benzene rings is 1. The fraction of sp³-hybridized carbons (Fsp3) is 0.500. The number of nitro groups is 1. The molecule has 2 rings (SSSR count). The summed E-state index contributed by atoms with van der Waals surface area (Å²) >= 11 is 0. The van der Waals surface area contributed by atoms with Gasteiger partial charge in [0.1, 0.15) is 5.69 Å². The highest BCUT2D eigenvalue weighted by Crippen LogP contribution is 2.25. The molecule has 1 fully saturated rings. The summed E-state index contributed by atoms with van der Waals surface area (Å²) in [5.74, 6) is -0.397. The molecular weight excluding hydrogens is 274 g/mol. The number of aliphatic hydroxyl groups is 1. The molecule has 0 spiro atoms. The Bertz CT molecular complexity index is 547. The van der Waals surface area contributed by atoms with E-state index in [0.717, 1.165) is 19.3 Å². The predicted molar refractivity (Wildman–Crippen MR) is 78.4 cm³/mol. The third-order valence-electron chi connectivity index (χ3n) is 3.77. The van der Waals surface area contributed by atoms with Crippen LogP contribution >= 0.6 is 0 Å². The number of hydrogen-bond donors (Lipinski definition) is 3. The molecule has 3 N–H and O–H groups in total. The Morgan fingerprint density at radius 3 is 2.71 bits per heavy atom. The Morgan fingerprint density at radius 2 is 2.10 bits per heavy atom. The van der Waals surface area contributed by atoms with Crippen LogP contribution in [0.25, 0.3) is 0 Å². The number of nitrogens with zero attached hydrogens (tertiary/aromatic N) is 1. The van der Waals surface area contributed by atoms with E-state index in [2.05, 4.69) is 10.6 Å². The second-order valence-electron chi connectivity index (χ2n) is 5.17. The summed E-state index contributed by atoms with van der Waals surface area (Å²) in [6, 6.07) is 4.00. The Morgan fingerprint density at radius 1 is 1.38 bits per heavy atom. The van der Waals surface area contributed by atoms with Crippen molar-refractivity contribution < 1.29 is 14.8 Å². The first-order chi connectivity index (χ1) is 10.0. The summed E-state index contributed by atoms with van der Waals surface area (Å²) in [5, 5.41) is 26.3. The van der Waals surface area contributed by atoms with Crippen molar-refractivity contribution in [2.45, 2.75) is 37.8 Å². The molecule has 2 atom stereocenters. The molecule has 0 radical (unpaired) electrons. The maximum Gasteiger partial charge on any atom is 0.293 e. The van der Waals surface area contributed by atoms with Gasteiger partial charge in [-0.25, -0.2) is 0 Å². The van der Waals surface area contributed by atoms with Gasteiger partial charge in [-0.1, -0.05) is 12.8 Å². The highest BCUT2D eigenvalue weighted by Gasteiger charge is 2.25. The average Bonchev–Trinajstić information content (AvgIpc) is 2.48. The van der Waals surface area contributed by atoms with E-state index in [9.17, 15) is 20.0 Å². The molecular formula is C14H19N3O4. The van der Waals surface area contributed by atoms with Crippen molar-refractivity contribution >= 4 is 17.3 Å². The second kappa shape index (κ2) is 6.53. The van der Waals surface area contributed by atoms with Crippen molar-refractivity contribution in [1.29, 1.82) is 0 Å². The van der Waals surface area contributed by atoms with Crippen molar-refractivity contribution in [3.05, 3.63) is 33.9 Å². The lowest BCUT2D eigenvalue weighted by atomic mass is 9.92. The number of amides is 1. The number of nitro benzene ring substituents is 1. The molecule has 7 heteroatoms. The summed E-state index contributed by atoms with van der Waals surface area (Å²) in [5.41, 5.74) is 0.432. The Labute approximate surface area is 122 Å². The summed E-state index contributed by atoms with van der Waals surface area (Å²) in [6.45, 7) is 0. The molecule has 7 nitrogen and oxygen atoms in total. The molecule has 1 aliphatic carbocycles. The third kappa shape index (κ3) is 3.49. The molecule has 2 unspecified atom stereocenters. The van der Waals surface area contributed by atoms with Crippen LogP contribution in [0.4, 0.5) is 11.4 Å². The fourth-order valence-corrected chi connectivity index (χ4v) is 2.57. The number of nitrogens with one attached hydrogen (secondary N) is 2. The first-order valence-corrected chi connectivity index (χ1v) is 6.98. The van der Waals surface area contributed by atoms with E-state index >= 15 is 0 Å². The van der Waals surface area contributed by atoms with Crippen LogP contribution in [0.2, 0.25) is 0 Å². The summed E-state index contributed by atoms with van der Waals surface area (Å²) in [4.78, 5) is 22.6. The van der Waals surface area contributed by atoms with E-state index in [4.69, 9.17) is 0 Å². The van der Waals surface area contributed by atoms with Gasteiger partial charge in [-0.05, 0) is 25.0 Å². The largest absolute Gasteiger partial charge is 0.391 e. The molecule has 1 amide bonds. The summed E-state index contributed by atoms with van der Waals surface area (Å²) in [7, 11) is 1.58. The number of hydrogen-bond acceptors (Lipinski definition) is 5. The highest BCUT2D eigenvalue weighted by atomic mass is 16.6. The van der Waals surface area contributed by atoms with Crippen LogP contribution in [-0.4, -0.2) is 35.1 Å². The van der Waals surface area contributed by atoms with Gasteiger partial charge in [0, 0.05) is 18.7 Å². The monoisotopic (exact) mass is 293 g/mol. The lowest BCUT2D eigenvalue weighted by Crippen LogP contribution is -2.45. The van der Waals surface area contributed by atoms with Gasteiger partial charge >= 0.3 is 0 Å². The van der Waals surface area contributed by atoms with E-state index in [1.807, 2.05) is 0 Å². The molecule has 114 valence electrons. The zero-order valence-corrected chi connectivity index (χ0v) is 11.8. The molecule has 0 saturated heterocycles. The van der Waals surface area contributed by atoms with Gasteiger partial charge < -0.3 is 15.7 Å². The molecule has 1 aliphatic rings. The number of aliphatic hydroxyl groups excluding tert-OH is 1. The number of anilines is 1. The van der Waals surface area contributed by atoms with Gasteiger partial charge in [0.05, 0.1) is 17.1 Å². The van der Waals surface area contributed by atoms with Crippen molar-refractivity contribution in [3.63, 3.8) is 0 Å². The van der Waals surface area contributed by atoms with E-state index in [0.29, 0.717) is 12.1 Å². The summed E-state index contributed by atoms with van der Waals surface area (Å²) in [6.07, 6.45) is 2.76. The zero-order chi connectivity index (χ0) is 15.4. The van der Waals surface area contributed by atoms with Crippen LogP contribution in [0.3, 0.4) is 0 Å². The van der Waals surface area contributed by atoms with Crippen LogP contribution in [0.5, 0.6) is 0 Å². The van der Waals surface area contributed by atoms with Gasteiger partial charge in [-0.3, -0.25) is 14.9 Å². The Kier molecular flexibility index (Phi) is 4.74. The van der Waals surface area contributed by atoms with Gasteiger partial charge in [0.25, 0.3) is 11.6 Å². The maximum atomic E-state index is 12.2. The predicted octanol–water partition coefficient (Wildman–Crippen LogP) is 1.67. The van der Waals surface area contributed by atoms with Crippen molar-refractivity contribution in [2.75, 3.05) is 12.4 Å². The van der Waals surface area contributed by atoms with Crippen LogP contribution in [0.1, 0.15) is 36.0 Å². The van der Waals surface area contributed by atoms with Crippen molar-refractivity contribution in [3.8, 4) is 0 Å². The first-order valence-electron chi connectivity index (χ1n) is 6.98. The molecule has 0 aliphatic heterocycles. The Balaban J connectivity index is 2.15. The van der Waals surface area contributed by atoms with Crippen molar-refractivity contribution in [2.24, 2.45) is 0 Å². The smallest absolute Gasteiger partial charge is 0.293 e. The van der Waals surface area contributed by atoms with Crippen LogP contribution in [-0.2, 0) is 0 Å². The lowest BCUT2D eigenvalue weighted by molar-refractivity contribution is -0.384. The molecule has 1 aromatic rings. The third-order valence-corrected chi connectivity index (χ3v) is 3.77. The maximum absolute atomic E-state index is 12.2. The van der Waals surface area contributed by atoms with Gasteiger partial charge in [-0.2, -0.15) is 0 Å². The number of rotatable bonds is 4. The highest BCUT2D eigenvalue weighted by molar-refractivity contribution is 5.96. The SMILES string of the molecule is CNc1ccc(C(=O)NC2CCCCC2O)cc1[N+](=O)[O-]. The standard InChI is InChI=1S/C14H19N3O4/c1-15-10-7-6-9(8-12(10)17(20)21)14(19)16-11-4-2-3-5-13(11)18/h6-8,11,13,15,18H,2-5H2,1H3,(H,16,19). The minimum absolute atomic E-state index is 0.144. The normalized spacial score (nSPS) is 21.6. The average molecular weight is 293 g/mol. The second-order valence-corrected chi connectivity index (χ2v) is 5.17. The van der Waals surface area contributed by atoms with Crippen molar-refractivity contribution in [1.82, 2.24) is 5.32 Å². The molecule has 21 heavy (non-hydrogen) atoms. The van der Waals surface area contributed by atoms with E-state index in [1.54, 1.807) is 7.05 Å². The van der Waals surface area contributed by atoms with Gasteiger partial charge in [0.2, 0.25) is 0 Å². The molecule has 0 bridgehead atoms. The van der Waals surface area contributed by atoms with E-state index < -0.39 is 16.9 Å². The molecule has 0 heterocycles. The van der Waals surface area contributed by atoms with E-state index in [1.165, 1.54) is 18.2 Å². The van der Waals surface area contributed by atoms with Crippen LogP contribution in [0, 0.1) is 10.1 Å². The van der Waals surface area contributed by atoms with Gasteiger partial charge in [-0.15, -0.1) is 0 Å². The van der Waals surface area contributed by atoms with Crippen LogP contribution in [0.15, 0.2) is 18.2 Å². The quantitative estimate of drug-likeness (QED) is 0.578. The minimum Gasteiger partial charge on any atom is -0.391 e. The molecule has 0 aromatic heterocycles. The lowest BCUT2D eigenvalue weighted by Gasteiger charge is -2.28. The number of carbonyl (C=O) groups excluding carboxylic acids is 1. The topological polar surface area (TPSA) is 104 Å². The zero-order valence-electron chi connectivity index (χ0n) is 11.8.